The fourth-order valence-electron chi connectivity index (χ4n) is 5.03. The lowest BCUT2D eigenvalue weighted by atomic mass is 10.1. The van der Waals surface area contributed by atoms with Gasteiger partial charge in [0, 0.05) is 43.8 Å². The quantitative estimate of drug-likeness (QED) is 0.125. The van der Waals surface area contributed by atoms with E-state index in [-0.39, 0.29) is 28.0 Å². The molecular weight excluding hydrogens is 639 g/mol. The van der Waals surface area contributed by atoms with Crippen LogP contribution in [0.4, 0.5) is 40.2 Å². The maximum absolute atomic E-state index is 13.8. The van der Waals surface area contributed by atoms with Crippen LogP contribution in [-0.4, -0.2) is 67.0 Å². The average Bonchev–Trinajstić information content (AvgIpc) is 3.08. The van der Waals surface area contributed by atoms with Crippen LogP contribution in [0.25, 0.3) is 0 Å². The molecule has 244 valence electrons. The predicted molar refractivity (Wildman–Crippen MR) is 190 cm³/mol. The van der Waals surface area contributed by atoms with Crippen molar-refractivity contribution in [2.75, 3.05) is 66.5 Å². The number of methoxy groups -OCH3 is 1. The average molecular weight is 676 g/mol. The first-order valence-electron chi connectivity index (χ1n) is 15.0. The highest BCUT2D eigenvalue weighted by Crippen LogP contribution is 2.41. The van der Waals surface area contributed by atoms with Crippen molar-refractivity contribution in [3.63, 3.8) is 0 Å². The van der Waals surface area contributed by atoms with Gasteiger partial charge >= 0.3 is 0 Å². The molecule has 1 aliphatic rings. The number of piperazine rings is 1. The van der Waals surface area contributed by atoms with Gasteiger partial charge in [0.2, 0.25) is 11.9 Å². The van der Waals surface area contributed by atoms with Gasteiger partial charge in [0.05, 0.1) is 29.2 Å². The van der Waals surface area contributed by atoms with Gasteiger partial charge in [0.25, 0.3) is 5.91 Å². The van der Waals surface area contributed by atoms with Crippen LogP contribution in [0.15, 0.2) is 73.4 Å². The SMILES string of the molecule is C=CC(=O)Nc1ccccc1Nc1nc(Nc2ccc(N3CCN(C)CC3)cc2)ncc1C(=O)Nc1c(Cl)c(CC)cc(OC)c1Cl. The molecule has 0 aliphatic carbocycles. The number of hydrogen-bond acceptors (Lipinski definition) is 9. The summed E-state index contributed by atoms with van der Waals surface area (Å²) in [7, 11) is 3.62. The maximum Gasteiger partial charge on any atom is 0.261 e. The number of nitrogens with zero attached hydrogens (tertiary/aromatic N) is 4. The van der Waals surface area contributed by atoms with Gasteiger partial charge in [-0.25, -0.2) is 4.98 Å². The second-order valence-corrected chi connectivity index (χ2v) is 11.6. The Labute approximate surface area is 283 Å². The minimum absolute atomic E-state index is 0.0961. The van der Waals surface area contributed by atoms with E-state index >= 15 is 0 Å². The molecule has 13 heteroatoms. The Bertz CT molecular complexity index is 1750. The van der Waals surface area contributed by atoms with E-state index in [4.69, 9.17) is 27.9 Å². The van der Waals surface area contributed by atoms with Crippen LogP contribution in [0.2, 0.25) is 10.0 Å². The minimum atomic E-state index is -0.567. The standard InChI is InChI=1S/C34H36Cl2N8O3/c1-5-21-19-27(47-4)30(36)31(29(21)35)41-33(46)24-20-37-34(38-22-11-13-23(14-12-22)44-17-15-43(3)16-18-44)42-32(24)40-26-10-8-7-9-25(26)39-28(45)6-2/h6-14,19-20H,2,5,15-18H2,1,3-4H3,(H,39,45)(H,41,46)(H2,37,38,40,42). The Balaban J connectivity index is 1.47. The third-order valence-electron chi connectivity index (χ3n) is 7.73. The van der Waals surface area contributed by atoms with Gasteiger partial charge in [-0.3, -0.25) is 9.59 Å². The van der Waals surface area contributed by atoms with E-state index in [1.165, 1.54) is 19.4 Å². The Morgan fingerprint density at radius 2 is 1.68 bits per heavy atom. The fourth-order valence-corrected chi connectivity index (χ4v) is 5.68. The molecule has 0 bridgehead atoms. The Kier molecular flexibility index (Phi) is 10.8. The zero-order valence-corrected chi connectivity index (χ0v) is 27.9. The summed E-state index contributed by atoms with van der Waals surface area (Å²) in [5, 5.41) is 12.5. The second kappa shape index (κ2) is 15.2. The number of nitrogens with one attached hydrogen (secondary N) is 4. The molecule has 0 radical (unpaired) electrons. The first-order chi connectivity index (χ1) is 22.7. The predicted octanol–water partition coefficient (Wildman–Crippen LogP) is 6.97. The number of hydrogen-bond donors (Lipinski definition) is 4. The number of carbonyl (C=O) groups is 2. The largest absolute Gasteiger partial charge is 0.495 e. The summed E-state index contributed by atoms with van der Waals surface area (Å²) in [5.74, 6) is -0.170. The first kappa shape index (κ1) is 33.5. The van der Waals surface area contributed by atoms with Crippen LogP contribution >= 0.6 is 23.2 Å². The summed E-state index contributed by atoms with van der Waals surface area (Å²) in [5.41, 5.74) is 3.92. The maximum atomic E-state index is 13.8. The molecule has 2 amide bonds. The van der Waals surface area contributed by atoms with E-state index in [0.29, 0.717) is 28.6 Å². The normalized spacial score (nSPS) is 13.1. The number of halogens is 2. The molecule has 1 fully saturated rings. The number of carbonyl (C=O) groups excluding carboxylic acids is 2. The van der Waals surface area contributed by atoms with Gasteiger partial charge in [0.1, 0.15) is 22.2 Å². The molecule has 0 atom stereocenters. The van der Waals surface area contributed by atoms with Crippen molar-refractivity contribution < 1.29 is 14.3 Å². The van der Waals surface area contributed by atoms with Crippen molar-refractivity contribution in [3.05, 3.63) is 94.6 Å². The van der Waals surface area contributed by atoms with E-state index < -0.39 is 11.8 Å². The molecule has 0 unspecified atom stereocenters. The number of aryl methyl sites for hydroxylation is 1. The van der Waals surface area contributed by atoms with E-state index in [1.807, 2.05) is 19.1 Å². The topological polar surface area (TPSA) is 124 Å². The number of ether oxygens (including phenoxy) is 1. The Hall–Kier alpha value is -4.84. The molecule has 47 heavy (non-hydrogen) atoms. The highest BCUT2D eigenvalue weighted by atomic mass is 35.5. The van der Waals surface area contributed by atoms with Crippen LogP contribution < -0.4 is 30.9 Å². The van der Waals surface area contributed by atoms with Gasteiger partial charge in [-0.15, -0.1) is 0 Å². The lowest BCUT2D eigenvalue weighted by Gasteiger charge is -2.34. The number of amides is 2. The molecular formula is C34H36Cl2N8O3. The molecule has 0 saturated carbocycles. The first-order valence-corrected chi connectivity index (χ1v) is 15.8. The number of rotatable bonds is 11. The van der Waals surface area contributed by atoms with Crippen molar-refractivity contribution >= 4 is 75.2 Å². The zero-order chi connectivity index (χ0) is 33.5. The lowest BCUT2D eigenvalue weighted by molar-refractivity contribution is -0.111. The van der Waals surface area contributed by atoms with E-state index in [9.17, 15) is 9.59 Å². The van der Waals surface area contributed by atoms with Gasteiger partial charge in [-0.1, -0.05) is 48.8 Å². The van der Waals surface area contributed by atoms with Crippen LogP contribution in [0, 0.1) is 0 Å². The highest BCUT2D eigenvalue weighted by molar-refractivity contribution is 6.41. The smallest absolute Gasteiger partial charge is 0.261 e. The Morgan fingerprint density at radius 1 is 0.979 bits per heavy atom. The molecule has 1 aliphatic heterocycles. The molecule has 5 rings (SSSR count). The summed E-state index contributed by atoms with van der Waals surface area (Å²) in [6, 6.07) is 16.8. The van der Waals surface area contributed by atoms with Crippen molar-refractivity contribution in [1.29, 1.82) is 0 Å². The Morgan fingerprint density at radius 3 is 2.34 bits per heavy atom. The van der Waals surface area contributed by atoms with Gasteiger partial charge in [-0.2, -0.15) is 4.98 Å². The second-order valence-electron chi connectivity index (χ2n) is 10.8. The number of likely N-dealkylation sites (N-methyl/N-ethyl adjacent to an activating group) is 1. The summed E-state index contributed by atoms with van der Waals surface area (Å²) >= 11 is 13.2. The third kappa shape index (κ3) is 7.94. The highest BCUT2D eigenvalue weighted by Gasteiger charge is 2.22. The molecule has 11 nitrogen and oxygen atoms in total. The minimum Gasteiger partial charge on any atom is -0.495 e. The molecule has 4 aromatic rings. The molecule has 1 aromatic heterocycles. The number of aromatic nitrogens is 2. The molecule has 4 N–H and O–H groups in total. The molecule has 3 aromatic carbocycles. The summed E-state index contributed by atoms with van der Waals surface area (Å²) in [6.45, 7) is 9.41. The van der Waals surface area contributed by atoms with E-state index in [0.717, 1.165) is 43.1 Å². The van der Waals surface area contributed by atoms with Gasteiger partial charge < -0.3 is 35.8 Å². The third-order valence-corrected chi connectivity index (χ3v) is 8.54. The summed E-state index contributed by atoms with van der Waals surface area (Å²) in [6.07, 6.45) is 3.16. The monoisotopic (exact) mass is 674 g/mol. The van der Waals surface area contributed by atoms with Crippen molar-refractivity contribution in [2.45, 2.75) is 13.3 Å². The van der Waals surface area contributed by atoms with Crippen LogP contribution in [0.5, 0.6) is 5.75 Å². The number of benzene rings is 3. The molecule has 2 heterocycles. The molecule has 0 spiro atoms. The van der Waals surface area contributed by atoms with Crippen molar-refractivity contribution in [2.24, 2.45) is 0 Å². The van der Waals surface area contributed by atoms with E-state index in [2.05, 4.69) is 66.8 Å². The number of anilines is 7. The zero-order valence-electron chi connectivity index (χ0n) is 26.4. The van der Waals surface area contributed by atoms with Gasteiger partial charge in [0.15, 0.2) is 0 Å². The fraction of sp³-hybridized carbons (Fsp3) is 0.235. The van der Waals surface area contributed by atoms with E-state index in [1.54, 1.807) is 30.3 Å². The van der Waals surface area contributed by atoms with Crippen LogP contribution in [0.3, 0.4) is 0 Å². The van der Waals surface area contributed by atoms with Crippen molar-refractivity contribution in [3.8, 4) is 5.75 Å². The number of para-hydroxylation sites is 2. The lowest BCUT2D eigenvalue weighted by Crippen LogP contribution is -2.44. The van der Waals surface area contributed by atoms with Crippen molar-refractivity contribution in [1.82, 2.24) is 14.9 Å². The van der Waals surface area contributed by atoms with Crippen LogP contribution in [-0.2, 0) is 11.2 Å². The van der Waals surface area contributed by atoms with Crippen LogP contribution in [0.1, 0.15) is 22.8 Å². The molecule has 1 saturated heterocycles. The van der Waals surface area contributed by atoms with Gasteiger partial charge in [-0.05, 0) is 67.6 Å². The summed E-state index contributed by atoms with van der Waals surface area (Å²) in [4.78, 5) is 39.7. The summed E-state index contributed by atoms with van der Waals surface area (Å²) < 4.78 is 5.41.